The van der Waals surface area contributed by atoms with Crippen molar-refractivity contribution < 1.29 is 0 Å². The molecule has 7 aromatic carbocycles. The molecule has 1 nitrogen and oxygen atoms in total. The predicted octanol–water partition coefficient (Wildman–Crippen LogP) is 11.8. The van der Waals surface area contributed by atoms with Gasteiger partial charge in [0.05, 0.1) is 5.69 Å². The second-order valence-electron chi connectivity index (χ2n) is 10.6. The first-order valence-corrected chi connectivity index (χ1v) is 14.7. The number of nitrogens with zero attached hydrogens (tertiary/aromatic N) is 1. The summed E-state index contributed by atoms with van der Waals surface area (Å²) in [7, 11) is 0. The highest BCUT2D eigenvalue weighted by Gasteiger charge is 2.20. The van der Waals surface area contributed by atoms with Gasteiger partial charge in [-0.1, -0.05) is 152 Å². The van der Waals surface area contributed by atoms with Crippen molar-refractivity contribution in [1.82, 2.24) is 0 Å². The van der Waals surface area contributed by atoms with Crippen LogP contribution in [0.3, 0.4) is 0 Å². The summed E-state index contributed by atoms with van der Waals surface area (Å²) < 4.78 is 0. The van der Waals surface area contributed by atoms with Crippen LogP contribution in [0, 0.1) is 0 Å². The van der Waals surface area contributed by atoms with Crippen LogP contribution in [-0.2, 0) is 0 Å². The lowest BCUT2D eigenvalue weighted by Gasteiger charge is -2.28. The number of hydrogen-bond acceptors (Lipinski definition) is 1. The molecule has 7 rings (SSSR count). The summed E-state index contributed by atoms with van der Waals surface area (Å²) in [6.45, 7) is 0. The van der Waals surface area contributed by atoms with Crippen molar-refractivity contribution in [3.8, 4) is 44.5 Å². The molecule has 0 bridgehead atoms. The third kappa shape index (κ3) is 5.37. The average molecular weight is 550 g/mol. The Morgan fingerprint density at radius 3 is 1.30 bits per heavy atom. The highest BCUT2D eigenvalue weighted by atomic mass is 15.1. The van der Waals surface area contributed by atoms with Gasteiger partial charge in [0.25, 0.3) is 0 Å². The van der Waals surface area contributed by atoms with Crippen molar-refractivity contribution in [3.05, 3.63) is 188 Å². The molecule has 0 N–H and O–H groups in total. The minimum Gasteiger partial charge on any atom is -0.310 e. The topological polar surface area (TPSA) is 3.24 Å². The van der Waals surface area contributed by atoms with Crippen molar-refractivity contribution in [2.75, 3.05) is 4.90 Å². The molecule has 0 aliphatic carbocycles. The van der Waals surface area contributed by atoms with Crippen LogP contribution in [0.2, 0.25) is 0 Å². The number of hydrogen-bond donors (Lipinski definition) is 0. The minimum absolute atomic E-state index is 1.12. The van der Waals surface area contributed by atoms with Gasteiger partial charge in [-0.3, -0.25) is 0 Å². The van der Waals surface area contributed by atoms with E-state index in [1.807, 2.05) is 0 Å². The van der Waals surface area contributed by atoms with Gasteiger partial charge in [0.1, 0.15) is 0 Å². The zero-order chi connectivity index (χ0) is 28.8. The normalized spacial score (nSPS) is 10.8. The van der Waals surface area contributed by atoms with Crippen LogP contribution in [0.15, 0.2) is 188 Å². The van der Waals surface area contributed by atoms with Gasteiger partial charge in [-0.05, 0) is 75.3 Å². The monoisotopic (exact) mass is 549 g/mol. The summed E-state index contributed by atoms with van der Waals surface area (Å²) >= 11 is 0. The Morgan fingerprint density at radius 2 is 0.698 bits per heavy atom. The smallest absolute Gasteiger partial charge is 0.0540 e. The summed E-state index contributed by atoms with van der Waals surface area (Å²) in [4.78, 5) is 2.35. The SMILES string of the molecule is c1ccc(-c2ccc(-c3ccccc3N(c3ccccc3)c3ccccc3)c(-c3ccccc3-c3ccccc3)c2)cc1. The summed E-state index contributed by atoms with van der Waals surface area (Å²) in [5, 5.41) is 0. The van der Waals surface area contributed by atoms with Crippen molar-refractivity contribution in [2.24, 2.45) is 0 Å². The molecule has 0 aliphatic heterocycles. The predicted molar refractivity (Wildman–Crippen MR) is 183 cm³/mol. The first-order valence-electron chi connectivity index (χ1n) is 14.7. The third-order valence-electron chi connectivity index (χ3n) is 7.89. The van der Waals surface area contributed by atoms with Crippen LogP contribution >= 0.6 is 0 Å². The quantitative estimate of drug-likeness (QED) is 0.191. The molecule has 0 saturated carbocycles. The molecule has 0 atom stereocenters. The van der Waals surface area contributed by atoms with Crippen LogP contribution in [-0.4, -0.2) is 0 Å². The maximum atomic E-state index is 2.36. The van der Waals surface area contributed by atoms with E-state index in [1.54, 1.807) is 0 Å². The number of benzene rings is 7. The van der Waals surface area contributed by atoms with Crippen LogP contribution in [0.4, 0.5) is 17.1 Å². The maximum absolute atomic E-state index is 2.36. The van der Waals surface area contributed by atoms with E-state index in [-0.39, 0.29) is 0 Å². The molecule has 7 aromatic rings. The summed E-state index contributed by atoms with van der Waals surface area (Å²) in [5.74, 6) is 0. The molecule has 0 spiro atoms. The molecular formula is C42H31N. The third-order valence-corrected chi connectivity index (χ3v) is 7.89. The molecular weight excluding hydrogens is 518 g/mol. The molecule has 0 unspecified atom stereocenters. The zero-order valence-electron chi connectivity index (χ0n) is 23.8. The highest BCUT2D eigenvalue weighted by molar-refractivity contribution is 5.98. The molecule has 0 aliphatic rings. The Kier molecular flexibility index (Phi) is 7.36. The van der Waals surface area contributed by atoms with Gasteiger partial charge in [0.15, 0.2) is 0 Å². The van der Waals surface area contributed by atoms with E-state index in [0.717, 1.165) is 17.1 Å². The lowest BCUT2D eigenvalue weighted by Crippen LogP contribution is -2.11. The number of anilines is 3. The maximum Gasteiger partial charge on any atom is 0.0540 e. The Labute approximate surface area is 254 Å². The first kappa shape index (κ1) is 26.3. The van der Waals surface area contributed by atoms with Gasteiger partial charge in [-0.25, -0.2) is 0 Å². The fourth-order valence-corrected chi connectivity index (χ4v) is 5.88. The van der Waals surface area contributed by atoms with Gasteiger partial charge >= 0.3 is 0 Å². The van der Waals surface area contributed by atoms with E-state index in [4.69, 9.17) is 0 Å². The lowest BCUT2D eigenvalue weighted by atomic mass is 9.86. The Bertz CT molecular complexity index is 1910. The zero-order valence-corrected chi connectivity index (χ0v) is 23.8. The van der Waals surface area contributed by atoms with E-state index in [9.17, 15) is 0 Å². The fourth-order valence-electron chi connectivity index (χ4n) is 5.88. The second kappa shape index (κ2) is 12.1. The van der Waals surface area contributed by atoms with Crippen molar-refractivity contribution in [3.63, 3.8) is 0 Å². The van der Waals surface area contributed by atoms with Crippen LogP contribution in [0.25, 0.3) is 44.5 Å². The van der Waals surface area contributed by atoms with E-state index < -0.39 is 0 Å². The fraction of sp³-hybridized carbons (Fsp3) is 0. The van der Waals surface area contributed by atoms with Gasteiger partial charge in [-0.15, -0.1) is 0 Å². The van der Waals surface area contributed by atoms with E-state index in [1.165, 1.54) is 44.5 Å². The van der Waals surface area contributed by atoms with Crippen molar-refractivity contribution in [2.45, 2.75) is 0 Å². The van der Waals surface area contributed by atoms with Gasteiger partial charge in [-0.2, -0.15) is 0 Å². The van der Waals surface area contributed by atoms with Crippen LogP contribution in [0.1, 0.15) is 0 Å². The highest BCUT2D eigenvalue weighted by Crippen LogP contribution is 2.46. The second-order valence-corrected chi connectivity index (χ2v) is 10.6. The largest absolute Gasteiger partial charge is 0.310 e. The van der Waals surface area contributed by atoms with Gasteiger partial charge < -0.3 is 4.90 Å². The Balaban J connectivity index is 1.49. The molecule has 0 amide bonds. The Hall–Kier alpha value is -5.66. The summed E-state index contributed by atoms with van der Waals surface area (Å²) in [5.41, 5.74) is 13.0. The van der Waals surface area contributed by atoms with Crippen molar-refractivity contribution in [1.29, 1.82) is 0 Å². The molecule has 43 heavy (non-hydrogen) atoms. The number of para-hydroxylation sites is 3. The lowest BCUT2D eigenvalue weighted by molar-refractivity contribution is 1.28. The Morgan fingerprint density at radius 1 is 0.256 bits per heavy atom. The van der Waals surface area contributed by atoms with E-state index in [0.29, 0.717) is 0 Å². The summed E-state index contributed by atoms with van der Waals surface area (Å²) in [6.07, 6.45) is 0. The van der Waals surface area contributed by atoms with E-state index >= 15 is 0 Å². The number of rotatable bonds is 7. The summed E-state index contributed by atoms with van der Waals surface area (Å²) in [6, 6.07) is 67.0. The molecule has 204 valence electrons. The standard InChI is InChI=1S/C42H31N/c1-5-17-32(18-6-1)34-29-30-39(41(31-34)38-26-14-13-25-37(38)33-19-7-2-8-20-33)40-27-15-16-28-42(40)43(35-21-9-3-10-22-35)36-23-11-4-12-24-36/h1-31H. The molecule has 1 heteroatoms. The molecule has 0 saturated heterocycles. The first-order chi connectivity index (χ1) is 21.4. The van der Waals surface area contributed by atoms with Gasteiger partial charge in [0.2, 0.25) is 0 Å². The molecule has 0 radical (unpaired) electrons. The average Bonchev–Trinajstić information content (AvgIpc) is 3.10. The van der Waals surface area contributed by atoms with Crippen LogP contribution < -0.4 is 4.90 Å². The van der Waals surface area contributed by atoms with Crippen LogP contribution in [0.5, 0.6) is 0 Å². The molecule has 0 aromatic heterocycles. The van der Waals surface area contributed by atoms with Gasteiger partial charge in [0, 0.05) is 16.9 Å². The molecule has 0 fully saturated rings. The molecule has 0 heterocycles. The van der Waals surface area contributed by atoms with E-state index in [2.05, 4.69) is 193 Å². The van der Waals surface area contributed by atoms with Crippen molar-refractivity contribution >= 4 is 17.1 Å². The minimum atomic E-state index is 1.12.